The Balaban J connectivity index is 1.67. The van der Waals surface area contributed by atoms with Crippen molar-refractivity contribution in [2.24, 2.45) is 0 Å². The minimum absolute atomic E-state index is 0.0124. The SMILES string of the molecule is COc1cc(OC)cc(-c2cccc3cc(C(=O)N4CCOC(CCO)C4)ccc23)c1. The first-order valence-electron chi connectivity index (χ1n) is 10.4. The molecule has 0 radical (unpaired) electrons. The van der Waals surface area contributed by atoms with Crippen LogP contribution in [0.25, 0.3) is 21.9 Å². The van der Waals surface area contributed by atoms with Gasteiger partial charge >= 0.3 is 0 Å². The minimum atomic E-state index is -0.113. The van der Waals surface area contributed by atoms with E-state index in [2.05, 4.69) is 6.07 Å². The van der Waals surface area contributed by atoms with Crippen LogP contribution in [0, 0.1) is 0 Å². The van der Waals surface area contributed by atoms with Gasteiger partial charge in [0.15, 0.2) is 0 Å². The van der Waals surface area contributed by atoms with Gasteiger partial charge in [-0.25, -0.2) is 0 Å². The smallest absolute Gasteiger partial charge is 0.254 e. The second-order valence-corrected chi connectivity index (χ2v) is 7.60. The summed E-state index contributed by atoms with van der Waals surface area (Å²) >= 11 is 0. The standard InChI is InChI=1S/C25H27NO5/c1-29-21-13-19(14-22(15-21)30-2)23-5-3-4-17-12-18(6-7-24(17)23)25(28)26-9-11-31-20(16-26)8-10-27/h3-7,12-15,20,27H,8-11,16H2,1-2H3. The molecule has 162 valence electrons. The zero-order valence-electron chi connectivity index (χ0n) is 17.8. The number of ether oxygens (including phenoxy) is 3. The average Bonchev–Trinajstić information content (AvgIpc) is 2.82. The van der Waals surface area contributed by atoms with Gasteiger partial charge < -0.3 is 24.2 Å². The molecule has 1 amide bonds. The maximum Gasteiger partial charge on any atom is 0.254 e. The predicted molar refractivity (Wildman–Crippen MR) is 120 cm³/mol. The number of carbonyl (C=O) groups excluding carboxylic acids is 1. The molecule has 31 heavy (non-hydrogen) atoms. The van der Waals surface area contributed by atoms with Crippen molar-refractivity contribution in [3.8, 4) is 22.6 Å². The molecular weight excluding hydrogens is 394 g/mol. The van der Waals surface area contributed by atoms with Crippen molar-refractivity contribution in [3.05, 3.63) is 60.2 Å². The topological polar surface area (TPSA) is 68.2 Å². The van der Waals surface area contributed by atoms with Gasteiger partial charge in [-0.05, 0) is 52.6 Å². The number of aliphatic hydroxyl groups is 1. The van der Waals surface area contributed by atoms with Crippen LogP contribution in [0.5, 0.6) is 11.5 Å². The predicted octanol–water partition coefficient (Wildman–Crippen LogP) is 3.75. The van der Waals surface area contributed by atoms with E-state index in [4.69, 9.17) is 19.3 Å². The summed E-state index contributed by atoms with van der Waals surface area (Å²) in [6, 6.07) is 17.7. The van der Waals surface area contributed by atoms with Crippen LogP contribution < -0.4 is 9.47 Å². The second kappa shape index (κ2) is 9.37. The quantitative estimate of drug-likeness (QED) is 0.657. The lowest BCUT2D eigenvalue weighted by atomic mass is 9.96. The summed E-state index contributed by atoms with van der Waals surface area (Å²) in [5.41, 5.74) is 2.68. The van der Waals surface area contributed by atoms with Crippen molar-refractivity contribution in [2.45, 2.75) is 12.5 Å². The molecular formula is C25H27NO5. The second-order valence-electron chi connectivity index (χ2n) is 7.60. The van der Waals surface area contributed by atoms with E-state index in [1.54, 1.807) is 14.2 Å². The van der Waals surface area contributed by atoms with Crippen molar-refractivity contribution in [2.75, 3.05) is 40.5 Å². The number of rotatable bonds is 6. The summed E-state index contributed by atoms with van der Waals surface area (Å²) in [4.78, 5) is 14.9. The lowest BCUT2D eigenvalue weighted by Crippen LogP contribution is -2.45. The van der Waals surface area contributed by atoms with Gasteiger partial charge in [-0.15, -0.1) is 0 Å². The maximum absolute atomic E-state index is 13.1. The molecule has 3 aromatic rings. The minimum Gasteiger partial charge on any atom is -0.497 e. The Morgan fingerprint density at radius 1 is 1.10 bits per heavy atom. The third kappa shape index (κ3) is 4.50. The molecule has 6 heteroatoms. The summed E-state index contributed by atoms with van der Waals surface area (Å²) in [6.45, 7) is 1.61. The molecule has 6 nitrogen and oxygen atoms in total. The van der Waals surface area contributed by atoms with Gasteiger partial charge in [0, 0.05) is 31.3 Å². The molecule has 1 saturated heterocycles. The fourth-order valence-electron chi connectivity index (χ4n) is 4.04. The zero-order valence-corrected chi connectivity index (χ0v) is 17.8. The molecule has 1 aliphatic rings. The highest BCUT2D eigenvalue weighted by molar-refractivity contribution is 6.03. The first-order chi connectivity index (χ1) is 15.1. The molecule has 0 spiro atoms. The van der Waals surface area contributed by atoms with Crippen LogP contribution in [-0.2, 0) is 4.74 Å². The normalized spacial score (nSPS) is 16.4. The van der Waals surface area contributed by atoms with E-state index in [-0.39, 0.29) is 18.6 Å². The first-order valence-corrected chi connectivity index (χ1v) is 10.4. The third-order valence-corrected chi connectivity index (χ3v) is 5.67. The van der Waals surface area contributed by atoms with E-state index in [0.29, 0.717) is 31.7 Å². The molecule has 1 atom stereocenters. The molecule has 0 saturated carbocycles. The number of methoxy groups -OCH3 is 2. The van der Waals surface area contributed by atoms with Gasteiger partial charge in [-0.2, -0.15) is 0 Å². The van der Waals surface area contributed by atoms with Crippen molar-refractivity contribution < 1.29 is 24.1 Å². The Morgan fingerprint density at radius 2 is 1.87 bits per heavy atom. The van der Waals surface area contributed by atoms with Crippen molar-refractivity contribution in [1.29, 1.82) is 0 Å². The number of aliphatic hydroxyl groups excluding tert-OH is 1. The molecule has 4 rings (SSSR count). The summed E-state index contributed by atoms with van der Waals surface area (Å²) in [6.07, 6.45) is 0.423. The molecule has 1 aliphatic heterocycles. The van der Waals surface area contributed by atoms with Gasteiger partial charge in [-0.3, -0.25) is 4.79 Å². The van der Waals surface area contributed by atoms with Crippen LogP contribution in [0.2, 0.25) is 0 Å². The van der Waals surface area contributed by atoms with Crippen LogP contribution in [0.15, 0.2) is 54.6 Å². The Morgan fingerprint density at radius 3 is 2.58 bits per heavy atom. The maximum atomic E-state index is 13.1. The van der Waals surface area contributed by atoms with E-state index >= 15 is 0 Å². The van der Waals surface area contributed by atoms with Gasteiger partial charge in [0.1, 0.15) is 11.5 Å². The Bertz CT molecular complexity index is 1060. The van der Waals surface area contributed by atoms with Crippen LogP contribution in [0.1, 0.15) is 16.8 Å². The summed E-state index contributed by atoms with van der Waals surface area (Å²) in [7, 11) is 3.27. The summed E-state index contributed by atoms with van der Waals surface area (Å²) in [5, 5.41) is 11.2. The molecule has 0 bridgehead atoms. The van der Waals surface area contributed by atoms with Gasteiger partial charge in [-0.1, -0.05) is 24.3 Å². The van der Waals surface area contributed by atoms with Crippen molar-refractivity contribution in [1.82, 2.24) is 4.90 Å². The van der Waals surface area contributed by atoms with Gasteiger partial charge in [0.05, 0.1) is 26.9 Å². The van der Waals surface area contributed by atoms with E-state index in [9.17, 15) is 4.79 Å². The highest BCUT2D eigenvalue weighted by atomic mass is 16.5. The monoisotopic (exact) mass is 421 g/mol. The fraction of sp³-hybridized carbons (Fsp3) is 0.320. The Hall–Kier alpha value is -3.09. The number of fused-ring (bicyclic) bond motifs is 1. The lowest BCUT2D eigenvalue weighted by molar-refractivity contribution is -0.0306. The molecule has 1 N–H and O–H groups in total. The average molecular weight is 421 g/mol. The van der Waals surface area contributed by atoms with E-state index in [1.807, 2.05) is 53.4 Å². The molecule has 0 aromatic heterocycles. The van der Waals surface area contributed by atoms with Crippen LogP contribution in [0.3, 0.4) is 0 Å². The Labute approximate surface area is 182 Å². The number of nitrogens with zero attached hydrogens (tertiary/aromatic N) is 1. The summed E-state index contributed by atoms with van der Waals surface area (Å²) < 4.78 is 16.5. The molecule has 1 unspecified atom stereocenters. The van der Waals surface area contributed by atoms with Crippen molar-refractivity contribution >= 4 is 16.7 Å². The van der Waals surface area contributed by atoms with Crippen LogP contribution in [0.4, 0.5) is 0 Å². The summed E-state index contributed by atoms with van der Waals surface area (Å²) in [5.74, 6) is 1.44. The molecule has 1 heterocycles. The number of hydrogen-bond acceptors (Lipinski definition) is 5. The van der Waals surface area contributed by atoms with Crippen LogP contribution in [-0.4, -0.2) is 62.5 Å². The number of benzene rings is 3. The highest BCUT2D eigenvalue weighted by Gasteiger charge is 2.25. The van der Waals surface area contributed by atoms with E-state index in [1.165, 1.54) is 0 Å². The van der Waals surface area contributed by atoms with Gasteiger partial charge in [0.2, 0.25) is 0 Å². The molecule has 3 aromatic carbocycles. The number of carbonyl (C=O) groups is 1. The number of amides is 1. The molecule has 0 aliphatic carbocycles. The van der Waals surface area contributed by atoms with E-state index in [0.717, 1.165) is 33.4 Å². The zero-order chi connectivity index (χ0) is 21.8. The Kier molecular flexibility index (Phi) is 6.39. The van der Waals surface area contributed by atoms with E-state index < -0.39 is 0 Å². The number of hydrogen-bond donors (Lipinski definition) is 1. The highest BCUT2D eigenvalue weighted by Crippen LogP contribution is 2.34. The van der Waals surface area contributed by atoms with Crippen molar-refractivity contribution in [3.63, 3.8) is 0 Å². The molecule has 1 fully saturated rings. The fourth-order valence-corrected chi connectivity index (χ4v) is 4.04. The number of morpholine rings is 1. The lowest BCUT2D eigenvalue weighted by Gasteiger charge is -2.32. The third-order valence-electron chi connectivity index (χ3n) is 5.67. The first kappa shape index (κ1) is 21.2. The van der Waals surface area contributed by atoms with Gasteiger partial charge in [0.25, 0.3) is 5.91 Å². The largest absolute Gasteiger partial charge is 0.497 e. The van der Waals surface area contributed by atoms with Crippen LogP contribution >= 0.6 is 0 Å².